The van der Waals surface area contributed by atoms with Gasteiger partial charge in [0.05, 0.1) is 18.2 Å². The van der Waals surface area contributed by atoms with Gasteiger partial charge in [-0.1, -0.05) is 6.07 Å². The summed E-state index contributed by atoms with van der Waals surface area (Å²) in [4.78, 5) is 4.27. The second-order valence-electron chi connectivity index (χ2n) is 5.53. The summed E-state index contributed by atoms with van der Waals surface area (Å²) in [5.74, 6) is -1.01. The van der Waals surface area contributed by atoms with E-state index in [0.717, 1.165) is 24.3 Å². The van der Waals surface area contributed by atoms with Crippen LogP contribution < -0.4 is 10.6 Å². The number of hydrogen-bond donors (Lipinski definition) is 2. The third kappa shape index (κ3) is 5.52. The van der Waals surface area contributed by atoms with Gasteiger partial charge >= 0.3 is 0 Å². The quantitative estimate of drug-likeness (QED) is 0.614. The van der Waals surface area contributed by atoms with Crippen LogP contribution in [-0.2, 0) is 13.0 Å². The second-order valence-corrected chi connectivity index (χ2v) is 5.53. The summed E-state index contributed by atoms with van der Waals surface area (Å²) in [7, 11) is 0. The molecule has 0 radical (unpaired) electrons. The Bertz CT molecular complexity index is 828. The predicted octanol–water partition coefficient (Wildman–Crippen LogP) is 3.27. The molecule has 0 amide bonds. The van der Waals surface area contributed by atoms with Gasteiger partial charge in [0.1, 0.15) is 17.5 Å². The van der Waals surface area contributed by atoms with Crippen molar-refractivity contribution in [1.82, 2.24) is 10.6 Å². The first-order valence-electron chi connectivity index (χ1n) is 8.18. The zero-order chi connectivity index (χ0) is 18.9. The van der Waals surface area contributed by atoms with Gasteiger partial charge in [0.2, 0.25) is 0 Å². The lowest BCUT2D eigenvalue weighted by Crippen LogP contribution is -2.38. The third-order valence-electron chi connectivity index (χ3n) is 3.63. The second kappa shape index (κ2) is 9.47. The van der Waals surface area contributed by atoms with Gasteiger partial charge in [-0.25, -0.2) is 18.2 Å². The molecular formula is C19H19F3N4. The molecule has 0 atom stereocenters. The van der Waals surface area contributed by atoms with E-state index in [-0.39, 0.29) is 24.1 Å². The average Bonchev–Trinajstić information content (AvgIpc) is 2.63. The first-order chi connectivity index (χ1) is 12.5. The molecule has 136 valence electrons. The molecular weight excluding hydrogens is 341 g/mol. The van der Waals surface area contributed by atoms with Gasteiger partial charge in [-0.2, -0.15) is 5.26 Å². The molecule has 0 bridgehead atoms. The maximum Gasteiger partial charge on any atom is 0.191 e. The maximum absolute atomic E-state index is 13.9. The van der Waals surface area contributed by atoms with Crippen LogP contribution >= 0.6 is 0 Å². The highest BCUT2D eigenvalue weighted by molar-refractivity contribution is 5.79. The molecule has 0 unspecified atom stereocenters. The number of nitriles is 1. The summed E-state index contributed by atoms with van der Waals surface area (Å²) < 4.78 is 40.7. The van der Waals surface area contributed by atoms with Gasteiger partial charge in [0.15, 0.2) is 5.96 Å². The predicted molar refractivity (Wildman–Crippen MR) is 94.0 cm³/mol. The van der Waals surface area contributed by atoms with Gasteiger partial charge < -0.3 is 10.6 Å². The Morgan fingerprint density at radius 2 is 1.85 bits per heavy atom. The van der Waals surface area contributed by atoms with E-state index in [4.69, 9.17) is 5.26 Å². The topological polar surface area (TPSA) is 60.2 Å². The monoisotopic (exact) mass is 360 g/mol. The number of guanidine groups is 1. The van der Waals surface area contributed by atoms with Crippen LogP contribution in [0.2, 0.25) is 0 Å². The van der Waals surface area contributed by atoms with E-state index < -0.39 is 17.5 Å². The molecule has 0 saturated carbocycles. The van der Waals surface area contributed by atoms with Crippen molar-refractivity contribution in [2.75, 3.05) is 13.1 Å². The van der Waals surface area contributed by atoms with Crippen molar-refractivity contribution in [3.63, 3.8) is 0 Å². The fourth-order valence-corrected chi connectivity index (χ4v) is 2.30. The zero-order valence-electron chi connectivity index (χ0n) is 14.3. The van der Waals surface area contributed by atoms with Gasteiger partial charge in [0, 0.05) is 18.7 Å². The zero-order valence-corrected chi connectivity index (χ0v) is 14.3. The summed E-state index contributed by atoms with van der Waals surface area (Å²) >= 11 is 0. The van der Waals surface area contributed by atoms with Crippen molar-refractivity contribution >= 4 is 5.96 Å². The molecule has 0 aromatic heterocycles. The molecule has 2 aromatic rings. The van der Waals surface area contributed by atoms with E-state index in [1.165, 1.54) is 12.1 Å². The summed E-state index contributed by atoms with van der Waals surface area (Å²) in [6, 6.07) is 9.41. The summed E-state index contributed by atoms with van der Waals surface area (Å²) in [5, 5.41) is 14.8. The molecule has 0 aliphatic heterocycles. The molecule has 0 spiro atoms. The molecule has 0 aliphatic carbocycles. The standard InChI is InChI=1S/C19H19F3N4/c1-2-24-19(25-8-7-14-10-16(20)5-6-17(14)21)26-12-15-4-3-13(11-23)9-18(15)22/h3-6,9-10H,2,7-8,12H2,1H3,(H2,24,25,26). The van der Waals surface area contributed by atoms with Crippen LogP contribution in [0.3, 0.4) is 0 Å². The molecule has 26 heavy (non-hydrogen) atoms. The first-order valence-corrected chi connectivity index (χ1v) is 8.18. The molecule has 0 fully saturated rings. The molecule has 0 aliphatic rings. The van der Waals surface area contributed by atoms with Crippen LogP contribution in [0.4, 0.5) is 13.2 Å². The Balaban J connectivity index is 1.98. The summed E-state index contributed by atoms with van der Waals surface area (Å²) in [6.07, 6.45) is 0.277. The number of nitrogens with zero attached hydrogens (tertiary/aromatic N) is 2. The summed E-state index contributed by atoms with van der Waals surface area (Å²) in [5.41, 5.74) is 0.876. The van der Waals surface area contributed by atoms with E-state index >= 15 is 0 Å². The fourth-order valence-electron chi connectivity index (χ4n) is 2.30. The van der Waals surface area contributed by atoms with Gasteiger partial charge in [-0.05, 0) is 49.2 Å². The lowest BCUT2D eigenvalue weighted by Gasteiger charge is -2.12. The maximum atomic E-state index is 13.9. The lowest BCUT2D eigenvalue weighted by molar-refractivity contribution is 0.583. The normalized spacial score (nSPS) is 11.1. The molecule has 2 aromatic carbocycles. The molecule has 7 heteroatoms. The van der Waals surface area contributed by atoms with E-state index in [0.29, 0.717) is 24.6 Å². The van der Waals surface area contributed by atoms with E-state index in [1.807, 2.05) is 13.0 Å². The Labute approximate surface area is 150 Å². The number of benzene rings is 2. The third-order valence-corrected chi connectivity index (χ3v) is 3.63. The molecule has 2 N–H and O–H groups in total. The molecule has 0 saturated heterocycles. The first kappa shape index (κ1) is 19.3. The van der Waals surface area contributed by atoms with Crippen molar-refractivity contribution in [2.24, 2.45) is 4.99 Å². The van der Waals surface area contributed by atoms with Crippen molar-refractivity contribution < 1.29 is 13.2 Å². The Morgan fingerprint density at radius 3 is 2.54 bits per heavy atom. The number of aliphatic imine (C=N–C) groups is 1. The minimum absolute atomic E-state index is 0.0845. The Morgan fingerprint density at radius 1 is 1.04 bits per heavy atom. The van der Waals surface area contributed by atoms with Crippen LogP contribution in [0, 0.1) is 28.8 Å². The Kier molecular flexibility index (Phi) is 7.03. The van der Waals surface area contributed by atoms with Crippen molar-refractivity contribution in [1.29, 1.82) is 5.26 Å². The van der Waals surface area contributed by atoms with Crippen molar-refractivity contribution in [3.8, 4) is 6.07 Å². The Hall–Kier alpha value is -3.01. The minimum atomic E-state index is -0.495. The number of nitrogens with one attached hydrogen (secondary N) is 2. The number of halogens is 3. The van der Waals surface area contributed by atoms with Gasteiger partial charge in [-0.15, -0.1) is 0 Å². The van der Waals surface area contributed by atoms with Crippen LogP contribution in [-0.4, -0.2) is 19.0 Å². The van der Waals surface area contributed by atoms with Gasteiger partial charge in [-0.3, -0.25) is 0 Å². The van der Waals surface area contributed by atoms with E-state index in [2.05, 4.69) is 15.6 Å². The smallest absolute Gasteiger partial charge is 0.191 e. The molecule has 4 nitrogen and oxygen atoms in total. The molecule has 0 heterocycles. The fraction of sp³-hybridized carbons (Fsp3) is 0.263. The van der Waals surface area contributed by atoms with Gasteiger partial charge in [0.25, 0.3) is 0 Å². The van der Waals surface area contributed by atoms with Crippen LogP contribution in [0.5, 0.6) is 0 Å². The minimum Gasteiger partial charge on any atom is -0.357 e. The number of rotatable bonds is 6. The molecule has 2 rings (SSSR count). The largest absolute Gasteiger partial charge is 0.357 e. The average molecular weight is 360 g/mol. The van der Waals surface area contributed by atoms with Crippen molar-refractivity contribution in [2.45, 2.75) is 19.9 Å². The summed E-state index contributed by atoms with van der Waals surface area (Å²) in [6.45, 7) is 2.89. The van der Waals surface area contributed by atoms with E-state index in [9.17, 15) is 13.2 Å². The highest BCUT2D eigenvalue weighted by Gasteiger charge is 2.06. The van der Waals surface area contributed by atoms with Crippen LogP contribution in [0.25, 0.3) is 0 Å². The number of hydrogen-bond acceptors (Lipinski definition) is 2. The SMILES string of the molecule is CCNC(=NCc1ccc(C#N)cc1F)NCCc1cc(F)ccc1F. The van der Waals surface area contributed by atoms with E-state index in [1.54, 1.807) is 0 Å². The highest BCUT2D eigenvalue weighted by atomic mass is 19.1. The van der Waals surface area contributed by atoms with Crippen LogP contribution in [0.15, 0.2) is 41.4 Å². The van der Waals surface area contributed by atoms with Crippen molar-refractivity contribution in [3.05, 3.63) is 70.5 Å². The van der Waals surface area contributed by atoms with Crippen LogP contribution in [0.1, 0.15) is 23.6 Å². The lowest BCUT2D eigenvalue weighted by atomic mass is 10.1. The highest BCUT2D eigenvalue weighted by Crippen LogP contribution is 2.11.